The number of hydrogen-bond donors (Lipinski definition) is 3. The normalized spacial score (nSPS) is 13.0. The molecular weight excluding hydrogens is 538 g/mol. The van der Waals surface area contributed by atoms with Gasteiger partial charge in [0.15, 0.2) is 0 Å². The Balaban J connectivity index is 3.93. The molecule has 0 aliphatic rings. The molecular formula is C33H67NO6S. The molecule has 246 valence electrons. The van der Waals surface area contributed by atoms with Crippen LogP contribution in [0.2, 0.25) is 0 Å². The highest BCUT2D eigenvalue weighted by atomic mass is 32.1. The summed E-state index contributed by atoms with van der Waals surface area (Å²) in [4.78, 5) is 12.3. The molecule has 0 fully saturated rings. The van der Waals surface area contributed by atoms with Crippen LogP contribution in [0.4, 0.5) is 4.79 Å². The van der Waals surface area contributed by atoms with Crippen LogP contribution in [0.3, 0.4) is 0 Å². The molecule has 0 aromatic rings. The molecule has 0 bridgehead atoms. The molecule has 0 unspecified atom stereocenters. The Bertz CT molecular complexity index is 654. The van der Waals surface area contributed by atoms with E-state index in [2.05, 4.69) is 31.8 Å². The molecule has 1 amide bonds. The van der Waals surface area contributed by atoms with Crippen molar-refractivity contribution in [2.75, 3.05) is 65.2 Å². The van der Waals surface area contributed by atoms with E-state index in [1.165, 1.54) is 57.8 Å². The van der Waals surface area contributed by atoms with Crippen LogP contribution in [-0.2, 0) is 18.9 Å². The number of hydrogen-bond acceptors (Lipinski definition) is 7. The van der Waals surface area contributed by atoms with Gasteiger partial charge in [0.05, 0.1) is 39.6 Å². The molecule has 0 spiro atoms. The van der Waals surface area contributed by atoms with E-state index < -0.39 is 6.09 Å². The van der Waals surface area contributed by atoms with E-state index in [-0.39, 0.29) is 34.9 Å². The van der Waals surface area contributed by atoms with Crippen LogP contribution in [-0.4, -0.2) is 76.4 Å². The lowest BCUT2D eigenvalue weighted by Crippen LogP contribution is -2.39. The summed E-state index contributed by atoms with van der Waals surface area (Å²) in [6.45, 7) is 20.7. The summed E-state index contributed by atoms with van der Waals surface area (Å²) >= 11 is 4.27. The van der Waals surface area contributed by atoms with Gasteiger partial charge in [-0.15, -0.1) is 0 Å². The number of ether oxygens (including phenoxy) is 4. The average molecular weight is 606 g/mol. The molecule has 0 rings (SSSR count). The molecule has 0 aliphatic carbocycles. The van der Waals surface area contributed by atoms with Crippen molar-refractivity contribution >= 4 is 18.7 Å². The molecule has 0 heterocycles. The van der Waals surface area contributed by atoms with Crippen LogP contribution in [0.1, 0.15) is 120 Å². The van der Waals surface area contributed by atoms with Crippen molar-refractivity contribution in [3.05, 3.63) is 0 Å². The van der Waals surface area contributed by atoms with Crippen LogP contribution in [0.15, 0.2) is 0 Å². The molecule has 8 heteroatoms. The first-order chi connectivity index (χ1) is 19.1. The van der Waals surface area contributed by atoms with E-state index in [1.807, 2.05) is 41.5 Å². The minimum absolute atomic E-state index is 0.0681. The number of amides is 1. The number of unbranched alkanes of at least 4 members (excludes halogenated alkanes) is 9. The van der Waals surface area contributed by atoms with E-state index >= 15 is 0 Å². The zero-order valence-corrected chi connectivity index (χ0v) is 29.0. The summed E-state index contributed by atoms with van der Waals surface area (Å²) in [7, 11) is 0. The lowest BCUT2D eigenvalue weighted by atomic mass is 9.93. The Labute approximate surface area is 259 Å². The average Bonchev–Trinajstić information content (AvgIpc) is 2.88. The zero-order valence-electron chi connectivity index (χ0n) is 28.1. The van der Waals surface area contributed by atoms with Gasteiger partial charge in [-0.25, -0.2) is 4.79 Å². The van der Waals surface area contributed by atoms with Gasteiger partial charge < -0.3 is 29.4 Å². The molecule has 41 heavy (non-hydrogen) atoms. The molecule has 0 radical (unpaired) electrons. The monoisotopic (exact) mass is 605 g/mol. The first-order valence-corrected chi connectivity index (χ1v) is 16.6. The van der Waals surface area contributed by atoms with Crippen molar-refractivity contribution in [2.45, 2.75) is 120 Å². The number of alkyl carbamates (subject to hydrolysis) is 1. The highest BCUT2D eigenvalue weighted by molar-refractivity contribution is 7.80. The first-order valence-electron chi connectivity index (χ1n) is 16.0. The summed E-state index contributed by atoms with van der Waals surface area (Å²) in [5, 5.41) is 12.2. The molecule has 2 N–H and O–H groups in total. The van der Waals surface area contributed by atoms with Gasteiger partial charge in [-0.1, -0.05) is 107 Å². The predicted octanol–water partition coefficient (Wildman–Crippen LogP) is 7.69. The molecule has 0 aliphatic heterocycles. The Morgan fingerprint density at radius 1 is 0.585 bits per heavy atom. The number of carbonyl (C=O) groups is 1. The Kier molecular flexibility index (Phi) is 21.8. The highest BCUT2D eigenvalue weighted by Gasteiger charge is 2.26. The maximum atomic E-state index is 12.3. The van der Waals surface area contributed by atoms with E-state index in [0.717, 1.165) is 18.8 Å². The van der Waals surface area contributed by atoms with Gasteiger partial charge in [0.2, 0.25) is 0 Å². The van der Waals surface area contributed by atoms with Crippen LogP contribution in [0.5, 0.6) is 0 Å². The van der Waals surface area contributed by atoms with Gasteiger partial charge in [-0.2, -0.15) is 12.6 Å². The molecule has 7 nitrogen and oxygen atoms in total. The van der Waals surface area contributed by atoms with E-state index in [9.17, 15) is 9.90 Å². The van der Waals surface area contributed by atoms with Crippen molar-refractivity contribution in [1.29, 1.82) is 0 Å². The molecule has 0 saturated heterocycles. The maximum Gasteiger partial charge on any atom is 0.407 e. The zero-order chi connectivity index (χ0) is 31.3. The van der Waals surface area contributed by atoms with Gasteiger partial charge in [0.1, 0.15) is 6.61 Å². The third-order valence-corrected chi connectivity index (χ3v) is 7.21. The second-order valence-corrected chi connectivity index (χ2v) is 15.5. The third-order valence-electron chi connectivity index (χ3n) is 6.89. The molecule has 0 aromatic carbocycles. The van der Waals surface area contributed by atoms with Crippen LogP contribution in [0.25, 0.3) is 0 Å². The quantitative estimate of drug-likeness (QED) is 0.0657. The van der Waals surface area contributed by atoms with Gasteiger partial charge in [-0.05, 0) is 18.6 Å². The second-order valence-electron chi connectivity index (χ2n) is 15.0. The summed E-state index contributed by atoms with van der Waals surface area (Å²) in [6.07, 6.45) is 12.6. The lowest BCUT2D eigenvalue weighted by Gasteiger charge is -2.29. The topological polar surface area (TPSA) is 86.3 Å². The largest absolute Gasteiger partial charge is 0.449 e. The van der Waals surface area contributed by atoms with E-state index in [4.69, 9.17) is 18.9 Å². The van der Waals surface area contributed by atoms with Crippen molar-refractivity contribution < 1.29 is 28.8 Å². The number of aliphatic hydroxyl groups is 1. The van der Waals surface area contributed by atoms with Gasteiger partial charge in [0, 0.05) is 34.8 Å². The summed E-state index contributed by atoms with van der Waals surface area (Å²) in [5.74, 6) is 1.02. The lowest BCUT2D eigenvalue weighted by molar-refractivity contribution is -0.0378. The number of carbonyl (C=O) groups excluding carboxylic acids is 1. The van der Waals surface area contributed by atoms with Crippen molar-refractivity contribution in [1.82, 2.24) is 5.32 Å². The molecule has 0 saturated carbocycles. The second kappa shape index (κ2) is 22.0. The Morgan fingerprint density at radius 3 is 1.51 bits per heavy atom. The SMILES string of the molecule is CC(C)(CO)COCC(C)(C)CNC(=O)OCC(C)(C)COCC(C)(C)COCCCCCCCCCCCCS. The fraction of sp³-hybridized carbons (Fsp3) is 0.970. The first kappa shape index (κ1) is 40.5. The highest BCUT2D eigenvalue weighted by Crippen LogP contribution is 2.22. The van der Waals surface area contributed by atoms with Crippen LogP contribution >= 0.6 is 12.6 Å². The van der Waals surface area contributed by atoms with E-state index in [1.54, 1.807) is 0 Å². The van der Waals surface area contributed by atoms with Crippen LogP contribution < -0.4 is 5.32 Å². The fourth-order valence-corrected chi connectivity index (χ4v) is 4.31. The fourth-order valence-electron chi connectivity index (χ4n) is 4.09. The maximum absolute atomic E-state index is 12.3. The molecule has 0 atom stereocenters. The summed E-state index contributed by atoms with van der Waals surface area (Å²) in [6, 6.07) is 0. The smallest absolute Gasteiger partial charge is 0.407 e. The summed E-state index contributed by atoms with van der Waals surface area (Å²) in [5.41, 5.74) is -0.887. The number of aliphatic hydroxyl groups excluding tert-OH is 1. The molecule has 0 aromatic heterocycles. The van der Waals surface area contributed by atoms with Gasteiger partial charge in [0.25, 0.3) is 0 Å². The third kappa shape index (κ3) is 25.7. The predicted molar refractivity (Wildman–Crippen MR) is 174 cm³/mol. The number of nitrogens with one attached hydrogen (secondary N) is 1. The minimum atomic E-state index is -0.435. The standard InChI is InChI=1S/C33H67NO6S/c1-30(2,23-38-24-31(3,4)22-35)21-34-29(36)40-28-33(7,8)27-39-26-32(5,6)25-37-19-17-15-13-11-9-10-12-14-16-18-20-41/h35,41H,9-28H2,1-8H3,(H,34,36). The van der Waals surface area contributed by atoms with Crippen LogP contribution in [0, 0.1) is 21.7 Å². The Morgan fingerprint density at radius 2 is 1.00 bits per heavy atom. The minimum Gasteiger partial charge on any atom is -0.449 e. The van der Waals surface area contributed by atoms with Gasteiger partial charge in [-0.3, -0.25) is 0 Å². The summed E-state index contributed by atoms with van der Waals surface area (Å²) < 4.78 is 23.2. The van der Waals surface area contributed by atoms with E-state index in [0.29, 0.717) is 39.6 Å². The number of thiol groups is 1. The van der Waals surface area contributed by atoms with Crippen molar-refractivity contribution in [2.24, 2.45) is 21.7 Å². The Hall–Kier alpha value is -0.540. The van der Waals surface area contributed by atoms with Gasteiger partial charge >= 0.3 is 6.09 Å². The number of rotatable bonds is 27. The van der Waals surface area contributed by atoms with Crippen molar-refractivity contribution in [3.63, 3.8) is 0 Å². The van der Waals surface area contributed by atoms with Crippen molar-refractivity contribution in [3.8, 4) is 0 Å².